The second kappa shape index (κ2) is 3.90. The SMILES string of the molecule is NC(c1ccccc1)[C@H]1CCCN1. The van der Waals surface area contributed by atoms with Gasteiger partial charge < -0.3 is 11.1 Å². The lowest BCUT2D eigenvalue weighted by Crippen LogP contribution is -2.34. The summed E-state index contributed by atoms with van der Waals surface area (Å²) in [6.45, 7) is 1.12. The van der Waals surface area contributed by atoms with Gasteiger partial charge in [0.05, 0.1) is 0 Å². The van der Waals surface area contributed by atoms with Gasteiger partial charge in [-0.25, -0.2) is 0 Å². The molecule has 13 heavy (non-hydrogen) atoms. The molecule has 0 radical (unpaired) electrons. The summed E-state index contributed by atoms with van der Waals surface area (Å²) in [5.74, 6) is 0. The molecule has 0 aliphatic carbocycles. The highest BCUT2D eigenvalue weighted by Gasteiger charge is 2.21. The maximum absolute atomic E-state index is 6.14. The van der Waals surface area contributed by atoms with Gasteiger partial charge in [-0.2, -0.15) is 0 Å². The molecule has 2 nitrogen and oxygen atoms in total. The van der Waals surface area contributed by atoms with Crippen LogP contribution in [0, 0.1) is 0 Å². The van der Waals surface area contributed by atoms with Gasteiger partial charge in [-0.1, -0.05) is 30.3 Å². The minimum Gasteiger partial charge on any atom is -0.323 e. The van der Waals surface area contributed by atoms with Gasteiger partial charge in [0.25, 0.3) is 0 Å². The fourth-order valence-corrected chi connectivity index (χ4v) is 1.93. The minimum atomic E-state index is 0.156. The minimum absolute atomic E-state index is 0.156. The lowest BCUT2D eigenvalue weighted by atomic mass is 9.99. The quantitative estimate of drug-likeness (QED) is 0.715. The van der Waals surface area contributed by atoms with E-state index in [1.165, 1.54) is 18.4 Å². The monoisotopic (exact) mass is 176 g/mol. The summed E-state index contributed by atoms with van der Waals surface area (Å²) in [5, 5.41) is 3.43. The standard InChI is InChI=1S/C11H16N2/c12-11(10-7-4-8-13-10)9-5-2-1-3-6-9/h1-3,5-6,10-11,13H,4,7-8,12H2/t10-,11?/m1/s1. The van der Waals surface area contributed by atoms with Crippen molar-refractivity contribution in [2.75, 3.05) is 6.54 Å². The molecular formula is C11H16N2. The smallest absolute Gasteiger partial charge is 0.0450 e. The molecule has 2 atom stereocenters. The van der Waals surface area contributed by atoms with Crippen LogP contribution in [0.3, 0.4) is 0 Å². The predicted octanol–water partition coefficient (Wildman–Crippen LogP) is 1.44. The van der Waals surface area contributed by atoms with Crippen molar-refractivity contribution in [1.82, 2.24) is 5.32 Å². The highest BCUT2D eigenvalue weighted by Crippen LogP contribution is 2.19. The van der Waals surface area contributed by atoms with Crippen LogP contribution in [0.25, 0.3) is 0 Å². The summed E-state index contributed by atoms with van der Waals surface area (Å²) in [5.41, 5.74) is 7.38. The van der Waals surface area contributed by atoms with Crippen molar-refractivity contribution in [1.29, 1.82) is 0 Å². The van der Waals surface area contributed by atoms with Crippen LogP contribution in [0.5, 0.6) is 0 Å². The fraction of sp³-hybridized carbons (Fsp3) is 0.455. The molecule has 1 aliphatic rings. The van der Waals surface area contributed by atoms with E-state index in [2.05, 4.69) is 17.4 Å². The summed E-state index contributed by atoms with van der Waals surface area (Å²) in [4.78, 5) is 0. The number of hydrogen-bond donors (Lipinski definition) is 2. The number of benzene rings is 1. The zero-order chi connectivity index (χ0) is 9.10. The van der Waals surface area contributed by atoms with Crippen molar-refractivity contribution in [3.63, 3.8) is 0 Å². The lowest BCUT2D eigenvalue weighted by molar-refractivity contribution is 0.501. The Morgan fingerprint density at radius 2 is 2.08 bits per heavy atom. The van der Waals surface area contributed by atoms with Crippen molar-refractivity contribution >= 4 is 0 Å². The molecule has 1 aliphatic heterocycles. The van der Waals surface area contributed by atoms with Crippen LogP contribution >= 0.6 is 0 Å². The lowest BCUT2D eigenvalue weighted by Gasteiger charge is -2.19. The maximum Gasteiger partial charge on any atom is 0.0450 e. The normalized spacial score (nSPS) is 24.5. The van der Waals surface area contributed by atoms with Gasteiger partial charge in [0, 0.05) is 12.1 Å². The van der Waals surface area contributed by atoms with Crippen LogP contribution in [0.2, 0.25) is 0 Å². The molecule has 1 aromatic carbocycles. The van der Waals surface area contributed by atoms with E-state index >= 15 is 0 Å². The number of hydrogen-bond acceptors (Lipinski definition) is 2. The van der Waals surface area contributed by atoms with Crippen LogP contribution < -0.4 is 11.1 Å². The molecule has 1 aromatic rings. The van der Waals surface area contributed by atoms with Gasteiger partial charge in [0.15, 0.2) is 0 Å². The number of rotatable bonds is 2. The maximum atomic E-state index is 6.14. The molecule has 2 heteroatoms. The van der Waals surface area contributed by atoms with Gasteiger partial charge in [0.1, 0.15) is 0 Å². The number of nitrogens with one attached hydrogen (secondary N) is 1. The molecular weight excluding hydrogens is 160 g/mol. The summed E-state index contributed by atoms with van der Waals surface area (Å²) in [6.07, 6.45) is 2.46. The van der Waals surface area contributed by atoms with E-state index < -0.39 is 0 Å². The molecule has 0 amide bonds. The Morgan fingerprint density at radius 1 is 1.31 bits per heavy atom. The van der Waals surface area contributed by atoms with Gasteiger partial charge in [-0.15, -0.1) is 0 Å². The summed E-state index contributed by atoms with van der Waals surface area (Å²) < 4.78 is 0. The molecule has 0 aromatic heterocycles. The van der Waals surface area contributed by atoms with Gasteiger partial charge >= 0.3 is 0 Å². The fourth-order valence-electron chi connectivity index (χ4n) is 1.93. The number of nitrogens with two attached hydrogens (primary N) is 1. The predicted molar refractivity (Wildman–Crippen MR) is 54.4 cm³/mol. The molecule has 3 N–H and O–H groups in total. The topological polar surface area (TPSA) is 38.0 Å². The van der Waals surface area contributed by atoms with Crippen LogP contribution in [0.15, 0.2) is 30.3 Å². The molecule has 0 bridgehead atoms. The van der Waals surface area contributed by atoms with Crippen molar-refractivity contribution in [3.8, 4) is 0 Å². The third-order valence-electron chi connectivity index (χ3n) is 2.72. The Hall–Kier alpha value is -0.860. The van der Waals surface area contributed by atoms with Gasteiger partial charge in [-0.3, -0.25) is 0 Å². The van der Waals surface area contributed by atoms with Crippen LogP contribution in [-0.4, -0.2) is 12.6 Å². The van der Waals surface area contributed by atoms with E-state index in [1.807, 2.05) is 18.2 Å². The molecule has 70 valence electrons. The van der Waals surface area contributed by atoms with E-state index in [0.717, 1.165) is 6.54 Å². The third kappa shape index (κ3) is 1.90. The molecule has 1 heterocycles. The van der Waals surface area contributed by atoms with Crippen molar-refractivity contribution in [2.45, 2.75) is 24.9 Å². The van der Waals surface area contributed by atoms with E-state index in [4.69, 9.17) is 5.73 Å². The largest absolute Gasteiger partial charge is 0.323 e. The highest BCUT2D eigenvalue weighted by atomic mass is 15.0. The summed E-state index contributed by atoms with van der Waals surface area (Å²) in [6, 6.07) is 11.0. The molecule has 1 unspecified atom stereocenters. The Kier molecular flexibility index (Phi) is 2.62. The molecule has 0 spiro atoms. The van der Waals surface area contributed by atoms with E-state index in [-0.39, 0.29) is 6.04 Å². The summed E-state index contributed by atoms with van der Waals surface area (Å²) in [7, 11) is 0. The van der Waals surface area contributed by atoms with Crippen LogP contribution in [0.1, 0.15) is 24.4 Å². The molecule has 0 saturated carbocycles. The zero-order valence-electron chi connectivity index (χ0n) is 7.74. The highest BCUT2D eigenvalue weighted by molar-refractivity contribution is 5.20. The van der Waals surface area contributed by atoms with Crippen LogP contribution in [-0.2, 0) is 0 Å². The molecule has 2 rings (SSSR count). The van der Waals surface area contributed by atoms with Crippen molar-refractivity contribution in [2.24, 2.45) is 5.73 Å². The van der Waals surface area contributed by atoms with E-state index in [9.17, 15) is 0 Å². The average molecular weight is 176 g/mol. The summed E-state index contributed by atoms with van der Waals surface area (Å²) >= 11 is 0. The zero-order valence-corrected chi connectivity index (χ0v) is 7.74. The van der Waals surface area contributed by atoms with Gasteiger partial charge in [-0.05, 0) is 24.9 Å². The van der Waals surface area contributed by atoms with E-state index in [1.54, 1.807) is 0 Å². The second-order valence-electron chi connectivity index (χ2n) is 3.64. The van der Waals surface area contributed by atoms with E-state index in [0.29, 0.717) is 6.04 Å². The first kappa shape index (κ1) is 8.73. The third-order valence-corrected chi connectivity index (χ3v) is 2.72. The van der Waals surface area contributed by atoms with Crippen molar-refractivity contribution in [3.05, 3.63) is 35.9 Å². The van der Waals surface area contributed by atoms with Crippen molar-refractivity contribution < 1.29 is 0 Å². The first-order valence-electron chi connectivity index (χ1n) is 4.92. The Bertz CT molecular complexity index is 252. The Balaban J connectivity index is 2.08. The Morgan fingerprint density at radius 3 is 2.69 bits per heavy atom. The second-order valence-corrected chi connectivity index (χ2v) is 3.64. The van der Waals surface area contributed by atoms with Gasteiger partial charge in [0.2, 0.25) is 0 Å². The Labute approximate surface area is 79.1 Å². The molecule has 1 saturated heterocycles. The molecule has 1 fully saturated rings. The van der Waals surface area contributed by atoms with Crippen LogP contribution in [0.4, 0.5) is 0 Å². The average Bonchev–Trinajstić information content (AvgIpc) is 2.71. The first-order valence-corrected chi connectivity index (χ1v) is 4.92. The first-order chi connectivity index (χ1) is 6.38.